The fraction of sp³-hybridized carbons (Fsp3) is 0.462. The summed E-state index contributed by atoms with van der Waals surface area (Å²) < 4.78 is 10.9. The zero-order valence-electron chi connectivity index (χ0n) is 21.5. The van der Waals surface area contributed by atoms with Crippen molar-refractivity contribution in [1.29, 1.82) is 0 Å². The molecule has 0 unspecified atom stereocenters. The first-order valence-electron chi connectivity index (χ1n) is 12.4. The maximum Gasteiger partial charge on any atom is 0.469 e. The lowest BCUT2D eigenvalue weighted by molar-refractivity contribution is -0.139. The molecule has 2 aromatic rings. The zero-order valence-corrected chi connectivity index (χ0v) is 21.5. The van der Waals surface area contributed by atoms with Crippen LogP contribution in [0.25, 0.3) is 0 Å². The van der Waals surface area contributed by atoms with Gasteiger partial charge in [0.25, 0.3) is 0 Å². The smallest absolute Gasteiger partial charge is 0.469 e. The molecule has 2 atom stereocenters. The second kappa shape index (κ2) is 15.9. The molecule has 3 rings (SSSR count). The van der Waals surface area contributed by atoms with E-state index >= 15 is 0 Å². The molecule has 2 aromatic carbocycles. The van der Waals surface area contributed by atoms with Crippen LogP contribution in [0.2, 0.25) is 0 Å². The lowest BCUT2D eigenvalue weighted by Crippen LogP contribution is -2.51. The molecule has 10 nitrogen and oxygen atoms in total. The van der Waals surface area contributed by atoms with E-state index in [-0.39, 0.29) is 12.5 Å². The molecule has 2 amide bonds. The van der Waals surface area contributed by atoms with E-state index < -0.39 is 25.1 Å². The summed E-state index contributed by atoms with van der Waals surface area (Å²) in [5.41, 5.74) is 7.20. The van der Waals surface area contributed by atoms with Crippen molar-refractivity contribution < 1.29 is 34.2 Å². The number of morpholine rings is 1. The van der Waals surface area contributed by atoms with Crippen molar-refractivity contribution in [2.24, 2.45) is 11.7 Å². The molecule has 202 valence electrons. The van der Waals surface area contributed by atoms with E-state index in [4.69, 9.17) is 25.3 Å². The van der Waals surface area contributed by atoms with E-state index in [2.05, 4.69) is 5.32 Å². The zero-order chi connectivity index (χ0) is 27.2. The van der Waals surface area contributed by atoms with Crippen molar-refractivity contribution in [3.63, 3.8) is 0 Å². The number of nitrogens with one attached hydrogen (secondary N) is 1. The van der Waals surface area contributed by atoms with Crippen LogP contribution < -0.4 is 15.8 Å². The lowest BCUT2D eigenvalue weighted by atomic mass is 9.76. The van der Waals surface area contributed by atoms with Crippen LogP contribution in [-0.2, 0) is 22.6 Å². The third kappa shape index (κ3) is 11.7. The number of carbonyl (C=O) groups excluding carboxylic acids is 1. The molecule has 1 aliphatic heterocycles. The highest BCUT2D eigenvalue weighted by atomic mass is 16.5. The van der Waals surface area contributed by atoms with Crippen LogP contribution in [0.5, 0.6) is 5.75 Å². The minimum atomic E-state index is -1.37. The fourth-order valence-electron chi connectivity index (χ4n) is 3.57. The van der Waals surface area contributed by atoms with E-state index in [1.165, 1.54) is 0 Å². The molecule has 0 radical (unpaired) electrons. The Bertz CT molecular complexity index is 939. The van der Waals surface area contributed by atoms with Gasteiger partial charge in [0.15, 0.2) is 0 Å². The minimum absolute atomic E-state index is 0.199. The van der Waals surface area contributed by atoms with Gasteiger partial charge in [0, 0.05) is 25.5 Å². The highest BCUT2D eigenvalue weighted by Crippen LogP contribution is 2.16. The molecule has 6 N–H and O–H groups in total. The summed E-state index contributed by atoms with van der Waals surface area (Å²) >= 11 is 0. The Balaban J connectivity index is 0.000000458. The van der Waals surface area contributed by atoms with E-state index in [0.29, 0.717) is 51.0 Å². The van der Waals surface area contributed by atoms with Gasteiger partial charge in [-0.2, -0.15) is 0 Å². The number of carboxylic acids is 1. The summed E-state index contributed by atoms with van der Waals surface area (Å²) in [6.45, 7) is 6.31. The van der Waals surface area contributed by atoms with Crippen molar-refractivity contribution in [2.75, 3.05) is 26.3 Å². The Labute approximate surface area is 218 Å². The largest absolute Gasteiger partial charge is 0.489 e. The Morgan fingerprint density at radius 2 is 1.68 bits per heavy atom. The van der Waals surface area contributed by atoms with Crippen molar-refractivity contribution in [3.05, 3.63) is 65.7 Å². The van der Waals surface area contributed by atoms with Gasteiger partial charge in [-0.05, 0) is 35.6 Å². The molecule has 1 heterocycles. The number of rotatable bonds is 10. The molecular weight excluding hydrogens is 477 g/mol. The molecule has 1 aliphatic rings. The summed E-state index contributed by atoms with van der Waals surface area (Å²) in [5.74, 6) is -0.436. The summed E-state index contributed by atoms with van der Waals surface area (Å²) in [5, 5.41) is 29.1. The highest BCUT2D eigenvalue weighted by Gasteiger charge is 2.24. The van der Waals surface area contributed by atoms with Crippen LogP contribution in [0.15, 0.2) is 54.6 Å². The van der Waals surface area contributed by atoms with Crippen molar-refractivity contribution in [2.45, 2.75) is 45.3 Å². The number of aliphatic carboxylic acids is 1. The van der Waals surface area contributed by atoms with Gasteiger partial charge < -0.3 is 40.6 Å². The SMILES string of the molecule is CC(C)C[C@H](N)B(O)O.O=C(O)[C@H](Cc1ccc(OCc2ccccc2)cc1)NC(=O)N1CCOCC1. The topological polar surface area (TPSA) is 155 Å². The molecule has 37 heavy (non-hydrogen) atoms. The number of nitrogens with zero attached hydrogens (tertiary/aromatic N) is 1. The molecular formula is C26H38BN3O7. The maximum atomic E-state index is 12.3. The number of urea groups is 1. The number of hydrogen-bond donors (Lipinski definition) is 5. The molecule has 11 heteroatoms. The van der Waals surface area contributed by atoms with Crippen LogP contribution in [0.1, 0.15) is 31.4 Å². The van der Waals surface area contributed by atoms with Gasteiger partial charge in [0.05, 0.1) is 13.2 Å². The van der Waals surface area contributed by atoms with Gasteiger partial charge in [-0.15, -0.1) is 0 Å². The fourth-order valence-corrected chi connectivity index (χ4v) is 3.57. The second-order valence-corrected chi connectivity index (χ2v) is 9.27. The predicted octanol–water partition coefficient (Wildman–Crippen LogP) is 1.67. The standard InChI is InChI=1S/C21H24N2O5.C5H14BNO2/c24-20(25)19(22-21(26)23-10-12-27-13-11-23)14-16-6-8-18(9-7-16)28-15-17-4-2-1-3-5-17;1-4(2)3-5(7)6(8)9/h1-9,19H,10-15H2,(H,22,26)(H,24,25);4-5,8-9H,3,7H2,1-2H3/t19-;5-/m00/s1. The average Bonchev–Trinajstić information content (AvgIpc) is 2.89. The van der Waals surface area contributed by atoms with Gasteiger partial charge in [0.2, 0.25) is 0 Å². The number of hydrogen-bond acceptors (Lipinski definition) is 7. The molecule has 0 bridgehead atoms. The molecule has 0 saturated carbocycles. The Morgan fingerprint density at radius 3 is 2.19 bits per heavy atom. The number of carbonyl (C=O) groups is 2. The van der Waals surface area contributed by atoms with Gasteiger partial charge in [-0.3, -0.25) is 0 Å². The van der Waals surface area contributed by atoms with Crippen LogP contribution in [-0.4, -0.2) is 77.5 Å². The van der Waals surface area contributed by atoms with E-state index in [1.54, 1.807) is 17.0 Å². The van der Waals surface area contributed by atoms with Gasteiger partial charge in [-0.1, -0.05) is 56.3 Å². The highest BCUT2D eigenvalue weighted by molar-refractivity contribution is 6.43. The number of ether oxygens (including phenoxy) is 2. The van der Waals surface area contributed by atoms with Gasteiger partial charge >= 0.3 is 19.1 Å². The quantitative estimate of drug-likeness (QED) is 0.300. The van der Waals surface area contributed by atoms with Gasteiger partial charge in [-0.25, -0.2) is 9.59 Å². The van der Waals surface area contributed by atoms with Crippen molar-refractivity contribution >= 4 is 19.1 Å². The summed E-state index contributed by atoms with van der Waals surface area (Å²) in [4.78, 5) is 25.4. The van der Waals surface area contributed by atoms with E-state index in [0.717, 1.165) is 11.1 Å². The second-order valence-electron chi connectivity index (χ2n) is 9.27. The summed E-state index contributed by atoms with van der Waals surface area (Å²) in [6.07, 6.45) is 0.849. The monoisotopic (exact) mass is 515 g/mol. The normalized spacial score (nSPS) is 14.7. The maximum absolute atomic E-state index is 12.3. The first kappa shape index (κ1) is 30.1. The number of carboxylic acid groups (broad SMARTS) is 1. The summed E-state index contributed by atoms with van der Waals surface area (Å²) in [6, 6.07) is 15.7. The van der Waals surface area contributed by atoms with Crippen LogP contribution in [0, 0.1) is 5.92 Å². The van der Waals surface area contributed by atoms with Gasteiger partial charge in [0.1, 0.15) is 18.4 Å². The Morgan fingerprint density at radius 1 is 1.05 bits per heavy atom. The third-order valence-corrected chi connectivity index (χ3v) is 5.63. The first-order valence-corrected chi connectivity index (χ1v) is 12.4. The van der Waals surface area contributed by atoms with Crippen molar-refractivity contribution in [3.8, 4) is 5.75 Å². The molecule has 0 aliphatic carbocycles. The molecule has 0 spiro atoms. The van der Waals surface area contributed by atoms with Crippen molar-refractivity contribution in [1.82, 2.24) is 10.2 Å². The third-order valence-electron chi connectivity index (χ3n) is 5.63. The number of nitrogens with two attached hydrogens (primary N) is 1. The average molecular weight is 515 g/mol. The number of amides is 2. The van der Waals surface area contributed by atoms with E-state index in [9.17, 15) is 14.7 Å². The Kier molecular flexibility index (Phi) is 12.9. The number of benzene rings is 2. The molecule has 1 saturated heterocycles. The van der Waals surface area contributed by atoms with Crippen LogP contribution in [0.4, 0.5) is 4.79 Å². The van der Waals surface area contributed by atoms with E-state index in [1.807, 2.05) is 56.3 Å². The Hall–Kier alpha value is -3.12. The lowest BCUT2D eigenvalue weighted by Gasteiger charge is -2.28. The molecule has 1 fully saturated rings. The minimum Gasteiger partial charge on any atom is -0.489 e. The van der Waals surface area contributed by atoms with Crippen LogP contribution in [0.3, 0.4) is 0 Å². The predicted molar refractivity (Wildman–Crippen MR) is 141 cm³/mol. The summed E-state index contributed by atoms with van der Waals surface area (Å²) in [7, 11) is -1.37. The molecule has 0 aromatic heterocycles. The first-order chi connectivity index (χ1) is 17.7. The van der Waals surface area contributed by atoms with Crippen LogP contribution >= 0.6 is 0 Å².